The lowest BCUT2D eigenvalue weighted by atomic mass is 9.98. The highest BCUT2D eigenvalue weighted by Crippen LogP contribution is 2.25. The van der Waals surface area contributed by atoms with E-state index in [1.54, 1.807) is 6.07 Å². The number of carbonyl (C=O) groups is 1. The first-order chi connectivity index (χ1) is 14.7. The maximum Gasteiger partial charge on any atom is 0.252 e. The number of ether oxygens (including phenoxy) is 2. The number of amides is 1. The number of benzene rings is 3. The molecule has 0 bridgehead atoms. The highest BCUT2D eigenvalue weighted by molar-refractivity contribution is 5.95. The van der Waals surface area contributed by atoms with Crippen LogP contribution in [0.25, 0.3) is 0 Å². The van der Waals surface area contributed by atoms with Crippen LogP contribution in [0.3, 0.4) is 0 Å². The summed E-state index contributed by atoms with van der Waals surface area (Å²) >= 11 is 0. The van der Waals surface area contributed by atoms with Gasteiger partial charge in [-0.05, 0) is 42.7 Å². The Kier molecular flexibility index (Phi) is 8.04. The number of hydrogen-bond donors (Lipinski definition) is 1. The van der Waals surface area contributed by atoms with Crippen molar-refractivity contribution in [3.63, 3.8) is 0 Å². The number of nitrogens with one attached hydrogen (secondary N) is 1. The van der Waals surface area contributed by atoms with Gasteiger partial charge in [0.25, 0.3) is 5.91 Å². The third-order valence-corrected chi connectivity index (χ3v) is 4.77. The minimum absolute atomic E-state index is 0.132. The Morgan fingerprint density at radius 1 is 0.900 bits per heavy atom. The Bertz CT molecular complexity index is 886. The molecule has 1 amide bonds. The van der Waals surface area contributed by atoms with Crippen molar-refractivity contribution in [1.82, 2.24) is 5.32 Å². The van der Waals surface area contributed by atoms with Gasteiger partial charge in [0.2, 0.25) is 0 Å². The van der Waals surface area contributed by atoms with Crippen LogP contribution in [0.15, 0.2) is 78.9 Å². The fraction of sp³-hybridized carbons (Fsp3) is 0.269. The fourth-order valence-electron chi connectivity index (χ4n) is 3.32. The van der Waals surface area contributed by atoms with Crippen molar-refractivity contribution < 1.29 is 14.3 Å². The zero-order valence-corrected chi connectivity index (χ0v) is 17.6. The Labute approximate surface area is 178 Å². The lowest BCUT2D eigenvalue weighted by Crippen LogP contribution is -2.29. The monoisotopic (exact) mass is 403 g/mol. The Morgan fingerprint density at radius 2 is 1.53 bits per heavy atom. The maximum absolute atomic E-state index is 13.2. The van der Waals surface area contributed by atoms with Gasteiger partial charge in [-0.3, -0.25) is 4.79 Å². The van der Waals surface area contributed by atoms with Crippen molar-refractivity contribution in [3.8, 4) is 5.75 Å². The third-order valence-electron chi connectivity index (χ3n) is 4.77. The molecule has 4 heteroatoms. The summed E-state index contributed by atoms with van der Waals surface area (Å²) in [5, 5.41) is 3.19. The molecule has 156 valence electrons. The van der Waals surface area contributed by atoms with Gasteiger partial charge in [-0.1, -0.05) is 67.6 Å². The van der Waals surface area contributed by atoms with Gasteiger partial charge in [-0.2, -0.15) is 0 Å². The van der Waals surface area contributed by atoms with Gasteiger partial charge < -0.3 is 14.8 Å². The maximum atomic E-state index is 13.2. The predicted octanol–water partition coefficient (Wildman–Crippen LogP) is 5.53. The van der Waals surface area contributed by atoms with Crippen molar-refractivity contribution in [2.75, 3.05) is 13.2 Å². The predicted molar refractivity (Wildman–Crippen MR) is 120 cm³/mol. The normalized spacial score (nSPS) is 10.8. The molecule has 0 aromatic heterocycles. The van der Waals surface area contributed by atoms with Crippen LogP contribution in [-0.2, 0) is 11.3 Å². The van der Waals surface area contributed by atoms with E-state index in [2.05, 4.69) is 12.2 Å². The SMILES string of the molecule is CCCOCc1cc(C(=O)NC(c2ccccc2)c2ccccc2)ccc1OCC. The molecule has 4 nitrogen and oxygen atoms in total. The largest absolute Gasteiger partial charge is 0.494 e. The van der Waals surface area contributed by atoms with Gasteiger partial charge in [-0.25, -0.2) is 0 Å². The van der Waals surface area contributed by atoms with E-state index in [-0.39, 0.29) is 11.9 Å². The van der Waals surface area contributed by atoms with Crippen molar-refractivity contribution in [2.24, 2.45) is 0 Å². The zero-order chi connectivity index (χ0) is 21.2. The van der Waals surface area contributed by atoms with E-state index in [4.69, 9.17) is 9.47 Å². The summed E-state index contributed by atoms with van der Waals surface area (Å²) < 4.78 is 11.4. The van der Waals surface area contributed by atoms with Crippen molar-refractivity contribution >= 4 is 5.91 Å². The first-order valence-corrected chi connectivity index (χ1v) is 10.5. The topological polar surface area (TPSA) is 47.6 Å². The van der Waals surface area contributed by atoms with Crippen LogP contribution in [0, 0.1) is 0 Å². The number of carbonyl (C=O) groups excluding carboxylic acids is 1. The van der Waals surface area contributed by atoms with Gasteiger partial charge in [-0.15, -0.1) is 0 Å². The molecule has 3 aromatic carbocycles. The molecule has 0 aliphatic heterocycles. The zero-order valence-electron chi connectivity index (χ0n) is 17.6. The molecule has 3 rings (SSSR count). The van der Waals surface area contributed by atoms with Crippen LogP contribution in [0.2, 0.25) is 0 Å². The van der Waals surface area contributed by atoms with Gasteiger partial charge in [0.05, 0.1) is 19.3 Å². The summed E-state index contributed by atoms with van der Waals surface area (Å²) in [5.74, 6) is 0.625. The summed E-state index contributed by atoms with van der Waals surface area (Å²) in [4.78, 5) is 13.2. The highest BCUT2D eigenvalue weighted by Gasteiger charge is 2.18. The van der Waals surface area contributed by atoms with Crippen LogP contribution in [0.1, 0.15) is 53.4 Å². The minimum atomic E-state index is -0.230. The van der Waals surface area contributed by atoms with E-state index in [0.29, 0.717) is 25.4 Å². The Morgan fingerprint density at radius 3 is 2.10 bits per heavy atom. The van der Waals surface area contributed by atoms with E-state index in [9.17, 15) is 4.79 Å². The van der Waals surface area contributed by atoms with E-state index in [0.717, 1.165) is 28.9 Å². The second-order valence-electron chi connectivity index (χ2n) is 7.04. The van der Waals surface area contributed by atoms with Crippen molar-refractivity contribution in [3.05, 3.63) is 101 Å². The summed E-state index contributed by atoms with van der Waals surface area (Å²) in [6, 6.07) is 25.3. The second kappa shape index (κ2) is 11.2. The average Bonchev–Trinajstić information content (AvgIpc) is 2.80. The van der Waals surface area contributed by atoms with E-state index in [1.165, 1.54) is 0 Å². The van der Waals surface area contributed by atoms with Crippen LogP contribution in [0.4, 0.5) is 0 Å². The van der Waals surface area contributed by atoms with Crippen LogP contribution >= 0.6 is 0 Å². The molecule has 0 unspecified atom stereocenters. The van der Waals surface area contributed by atoms with E-state index < -0.39 is 0 Å². The molecule has 30 heavy (non-hydrogen) atoms. The first-order valence-electron chi connectivity index (χ1n) is 10.5. The van der Waals surface area contributed by atoms with E-state index >= 15 is 0 Å². The van der Waals surface area contributed by atoms with Gasteiger partial charge in [0, 0.05) is 17.7 Å². The second-order valence-corrected chi connectivity index (χ2v) is 7.04. The van der Waals surface area contributed by atoms with Gasteiger partial charge in [0.1, 0.15) is 5.75 Å². The first kappa shape index (κ1) is 21.6. The molecule has 0 aliphatic carbocycles. The molecular formula is C26H29NO3. The lowest BCUT2D eigenvalue weighted by Gasteiger charge is -2.20. The Hall–Kier alpha value is -3.11. The molecule has 0 atom stereocenters. The molecule has 0 saturated heterocycles. The quantitative estimate of drug-likeness (QED) is 0.453. The number of hydrogen-bond acceptors (Lipinski definition) is 3. The van der Waals surface area contributed by atoms with Crippen LogP contribution in [0.5, 0.6) is 5.75 Å². The average molecular weight is 404 g/mol. The molecule has 0 saturated carbocycles. The summed E-state index contributed by atoms with van der Waals surface area (Å²) in [6.45, 7) is 5.68. The smallest absolute Gasteiger partial charge is 0.252 e. The van der Waals surface area contributed by atoms with Crippen molar-refractivity contribution in [1.29, 1.82) is 0 Å². The molecule has 0 radical (unpaired) electrons. The standard InChI is InChI=1S/C26H29NO3/c1-3-17-29-19-23-18-22(15-16-24(23)30-4-2)26(28)27-25(20-11-7-5-8-12-20)21-13-9-6-10-14-21/h5-16,18,25H,3-4,17,19H2,1-2H3,(H,27,28). The summed E-state index contributed by atoms with van der Waals surface area (Å²) in [7, 11) is 0. The third kappa shape index (κ3) is 5.71. The molecule has 1 N–H and O–H groups in total. The number of rotatable bonds is 10. The molecule has 0 spiro atoms. The molecule has 0 fully saturated rings. The molecule has 0 heterocycles. The van der Waals surface area contributed by atoms with Gasteiger partial charge >= 0.3 is 0 Å². The van der Waals surface area contributed by atoms with Gasteiger partial charge in [0.15, 0.2) is 0 Å². The highest BCUT2D eigenvalue weighted by atomic mass is 16.5. The van der Waals surface area contributed by atoms with Crippen molar-refractivity contribution in [2.45, 2.75) is 32.9 Å². The van der Waals surface area contributed by atoms with Crippen LogP contribution in [-0.4, -0.2) is 19.1 Å². The minimum Gasteiger partial charge on any atom is -0.494 e. The molecule has 0 aliphatic rings. The molecular weight excluding hydrogens is 374 g/mol. The summed E-state index contributed by atoms with van der Waals surface area (Å²) in [5.41, 5.74) is 3.54. The Balaban J connectivity index is 1.85. The fourth-order valence-corrected chi connectivity index (χ4v) is 3.32. The van der Waals surface area contributed by atoms with Crippen LogP contribution < -0.4 is 10.1 Å². The van der Waals surface area contributed by atoms with E-state index in [1.807, 2.05) is 79.7 Å². The lowest BCUT2D eigenvalue weighted by molar-refractivity contribution is 0.0942. The molecule has 3 aromatic rings. The summed E-state index contributed by atoms with van der Waals surface area (Å²) in [6.07, 6.45) is 0.944.